The maximum atomic E-state index is 15.2. The minimum absolute atomic E-state index is 0. The Morgan fingerprint density at radius 2 is 1.12 bits per heavy atom. The molecule has 6 heterocycles. The number of nitrogens with one attached hydrogen (secondary N) is 2. The molecule has 2 saturated heterocycles. The number of carbonyl (C=O) groups is 4. The zero-order valence-corrected chi connectivity index (χ0v) is 40.7. The lowest BCUT2D eigenvalue weighted by molar-refractivity contribution is -0.130. The van der Waals surface area contributed by atoms with E-state index in [-0.39, 0.29) is 62.5 Å². The molecule has 0 radical (unpaired) electrons. The summed E-state index contributed by atoms with van der Waals surface area (Å²) in [6.07, 6.45) is 10.7. The molecule has 0 bridgehead atoms. The molecule has 0 saturated carbocycles. The van der Waals surface area contributed by atoms with Gasteiger partial charge in [-0.25, -0.2) is 29.5 Å². The Labute approximate surface area is 425 Å². The molecule has 8 rings (SSSR count). The van der Waals surface area contributed by atoms with Crippen molar-refractivity contribution >= 4 is 105 Å². The van der Waals surface area contributed by atoms with E-state index in [1.807, 2.05) is 21.9 Å². The number of aromatic nitrogens is 6. The minimum Gasteiger partial charge on any atom is -0.447 e. The standard InChI is InChI=1S/C22H23ClFN5O3.C22H24ClN5O3.CHCl3.2CH4/c1-13(2)32-22(31)26-15-11-25-21-27-19(20(24)29(21)12-15)16-9-14(5-6-17(16)23)10-18(30)28-7-3-4-8-28;1-14(2)31-22(30)25-16-11-24-21-26-19(13-28(21)12-16)17-9-15(5-6-18(17)23)10-20(29)27-7-3-4-8-27;2-1(3)4;;/h5-6,9,11-13H,3-4,7-8,10H2,1-2H3,(H,26,31);5-6,9,11-14H,3-4,7-8,10H2,1-2H3,(H,25,30);1H;2*1H4. The zero-order chi connectivity index (χ0) is 48.4. The summed E-state index contributed by atoms with van der Waals surface area (Å²) >= 11 is 27.2. The van der Waals surface area contributed by atoms with Gasteiger partial charge in [0, 0.05) is 55.9 Å². The number of rotatable bonds is 10. The predicted molar refractivity (Wildman–Crippen MR) is 271 cm³/mol. The summed E-state index contributed by atoms with van der Waals surface area (Å²) in [4.78, 5) is 69.6. The largest absolute Gasteiger partial charge is 0.447 e. The second-order valence-corrected chi connectivity index (χ2v) is 18.8. The molecule has 2 fully saturated rings. The lowest BCUT2D eigenvalue weighted by Gasteiger charge is -2.15. The van der Waals surface area contributed by atoms with Gasteiger partial charge < -0.3 is 19.3 Å². The number of carbonyl (C=O) groups excluding carboxylic acids is 4. The Hall–Kier alpha value is -5.46. The fourth-order valence-electron chi connectivity index (χ4n) is 7.19. The molecule has 4 aromatic heterocycles. The number of ether oxygens (including phenoxy) is 2. The third-order valence-electron chi connectivity index (χ3n) is 10.1. The summed E-state index contributed by atoms with van der Waals surface area (Å²) in [5.74, 6) is 0.0592. The molecule has 0 unspecified atom stereocenters. The number of likely N-dealkylation sites (tertiary alicyclic amines) is 2. The van der Waals surface area contributed by atoms with Gasteiger partial charge in [-0.1, -0.05) is 85.0 Å². The molecule has 0 aliphatic carbocycles. The van der Waals surface area contributed by atoms with Crippen molar-refractivity contribution in [1.82, 2.24) is 38.5 Å². The second-order valence-electron chi connectivity index (χ2n) is 16.0. The van der Waals surface area contributed by atoms with Crippen LogP contribution in [0.3, 0.4) is 0 Å². The Kier molecular flexibility index (Phi) is 21.1. The Balaban J connectivity index is 0.000000272. The van der Waals surface area contributed by atoms with E-state index in [1.54, 1.807) is 68.8 Å². The van der Waals surface area contributed by atoms with Crippen LogP contribution >= 0.6 is 58.0 Å². The number of fused-ring (bicyclic) bond motifs is 2. The van der Waals surface area contributed by atoms with E-state index in [1.165, 1.54) is 18.6 Å². The number of hydrogen-bond donors (Lipinski definition) is 2. The molecule has 4 amide bonds. The van der Waals surface area contributed by atoms with Crippen LogP contribution in [0, 0.1) is 5.95 Å². The van der Waals surface area contributed by atoms with Crippen LogP contribution in [0.15, 0.2) is 67.4 Å². The highest BCUT2D eigenvalue weighted by atomic mass is 35.6. The van der Waals surface area contributed by atoms with Crippen molar-refractivity contribution in [2.45, 2.75) is 97.6 Å². The summed E-state index contributed by atoms with van der Waals surface area (Å²) in [5.41, 5.74) is 4.10. The molecule has 0 atom stereocenters. The van der Waals surface area contributed by atoms with Crippen LogP contribution in [0.1, 0.15) is 79.4 Å². The van der Waals surface area contributed by atoms with Gasteiger partial charge in [-0.15, -0.1) is 0 Å². The van der Waals surface area contributed by atoms with Crippen molar-refractivity contribution in [3.63, 3.8) is 0 Å². The van der Waals surface area contributed by atoms with Crippen LogP contribution in [-0.2, 0) is 31.9 Å². The molecule has 2 aliphatic heterocycles. The number of anilines is 2. The van der Waals surface area contributed by atoms with Gasteiger partial charge in [-0.05, 0) is 88.8 Å². The Morgan fingerprint density at radius 1 is 0.667 bits per heavy atom. The van der Waals surface area contributed by atoms with Crippen molar-refractivity contribution < 1.29 is 33.0 Å². The molecule has 22 heteroatoms. The molecule has 2 aliphatic rings. The van der Waals surface area contributed by atoms with Crippen LogP contribution in [0.2, 0.25) is 10.0 Å². The summed E-state index contributed by atoms with van der Waals surface area (Å²) in [7, 11) is 0. The molecule has 69 heavy (non-hydrogen) atoms. The van der Waals surface area contributed by atoms with E-state index in [2.05, 4.69) is 30.6 Å². The van der Waals surface area contributed by atoms with Gasteiger partial charge in [0.15, 0.2) is 4.30 Å². The van der Waals surface area contributed by atoms with Crippen molar-refractivity contribution in [3.05, 3.63) is 94.5 Å². The normalized spacial score (nSPS) is 13.1. The van der Waals surface area contributed by atoms with E-state index < -0.39 is 22.4 Å². The predicted octanol–water partition coefficient (Wildman–Crippen LogP) is 11.7. The number of nitrogens with zero attached hydrogens (tertiary/aromatic N) is 8. The molecular formula is C47H56Cl5FN10O6. The first-order valence-electron chi connectivity index (χ1n) is 21.3. The SMILES string of the molecule is C.C.CC(C)OC(=O)Nc1cnc2nc(-c3cc(CC(=O)N4CCCC4)ccc3Cl)c(F)n2c1.CC(C)OC(=O)Nc1cnc2nc(-c3cc(CC(=O)N4CCCC4)ccc3Cl)cn2c1.ClC(Cl)Cl. The van der Waals surface area contributed by atoms with Crippen LogP contribution in [0.25, 0.3) is 34.1 Å². The van der Waals surface area contributed by atoms with Gasteiger partial charge in [-0.3, -0.25) is 29.0 Å². The number of hydrogen-bond acceptors (Lipinski definition) is 10. The minimum atomic E-state index is -0.750. The highest BCUT2D eigenvalue weighted by Gasteiger charge is 2.23. The lowest BCUT2D eigenvalue weighted by atomic mass is 10.1. The number of alkyl halides is 3. The Bertz CT molecular complexity index is 2720. The van der Waals surface area contributed by atoms with Crippen LogP contribution < -0.4 is 10.6 Å². The van der Waals surface area contributed by atoms with Crippen LogP contribution in [-0.4, -0.2) is 105 Å². The van der Waals surface area contributed by atoms with Gasteiger partial charge in [0.25, 0.3) is 0 Å². The number of halogens is 6. The molecule has 2 N–H and O–H groups in total. The molecule has 372 valence electrons. The van der Waals surface area contributed by atoms with E-state index in [0.717, 1.165) is 73.0 Å². The van der Waals surface area contributed by atoms with Crippen molar-refractivity contribution in [2.24, 2.45) is 0 Å². The summed E-state index contributed by atoms with van der Waals surface area (Å²) in [6.45, 7) is 10.2. The fraction of sp³-hybridized carbons (Fsp3) is 0.404. The molecule has 6 aromatic rings. The summed E-state index contributed by atoms with van der Waals surface area (Å²) in [5, 5.41) is 6.00. The van der Waals surface area contributed by atoms with Gasteiger partial charge >= 0.3 is 12.2 Å². The first kappa shape index (κ1) is 56.1. The quantitative estimate of drug-likeness (QED) is 0.125. The fourth-order valence-corrected chi connectivity index (χ4v) is 7.61. The highest BCUT2D eigenvalue weighted by Crippen LogP contribution is 2.32. The maximum Gasteiger partial charge on any atom is 0.411 e. The third-order valence-corrected chi connectivity index (χ3v) is 10.8. The van der Waals surface area contributed by atoms with Crippen molar-refractivity contribution in [3.8, 4) is 22.5 Å². The first-order valence-corrected chi connectivity index (χ1v) is 23.4. The monoisotopic (exact) mass is 1050 g/mol. The Morgan fingerprint density at radius 3 is 1.61 bits per heavy atom. The molecule has 2 aromatic carbocycles. The van der Waals surface area contributed by atoms with E-state index >= 15 is 4.39 Å². The van der Waals surface area contributed by atoms with Crippen LogP contribution in [0.5, 0.6) is 0 Å². The van der Waals surface area contributed by atoms with Crippen molar-refractivity contribution in [2.75, 3.05) is 36.8 Å². The average Bonchev–Trinajstić information content (AvgIpc) is 4.10. The summed E-state index contributed by atoms with van der Waals surface area (Å²) < 4.78 is 27.4. The molecular weight excluding hydrogens is 997 g/mol. The third kappa shape index (κ3) is 15.8. The lowest BCUT2D eigenvalue weighted by Crippen LogP contribution is -2.29. The van der Waals surface area contributed by atoms with Crippen molar-refractivity contribution in [1.29, 1.82) is 0 Å². The number of benzene rings is 2. The number of imidazole rings is 2. The highest BCUT2D eigenvalue weighted by molar-refractivity contribution is 6.63. The maximum absolute atomic E-state index is 15.2. The van der Waals surface area contributed by atoms with Gasteiger partial charge in [0.2, 0.25) is 29.3 Å². The summed E-state index contributed by atoms with van der Waals surface area (Å²) in [6, 6.07) is 10.6. The van der Waals surface area contributed by atoms with E-state index in [9.17, 15) is 19.2 Å². The van der Waals surface area contributed by atoms with Gasteiger partial charge in [0.05, 0.1) is 64.6 Å². The number of amides is 4. The molecule has 16 nitrogen and oxygen atoms in total. The van der Waals surface area contributed by atoms with Gasteiger partial charge in [0.1, 0.15) is 5.69 Å². The first-order chi connectivity index (χ1) is 31.9. The molecule has 0 spiro atoms. The van der Waals surface area contributed by atoms with Gasteiger partial charge in [-0.2, -0.15) is 4.39 Å². The van der Waals surface area contributed by atoms with E-state index in [4.69, 9.17) is 67.5 Å². The van der Waals surface area contributed by atoms with Crippen LogP contribution in [0.4, 0.5) is 25.4 Å². The second kappa shape index (κ2) is 25.9. The topological polar surface area (TPSA) is 178 Å². The smallest absolute Gasteiger partial charge is 0.411 e. The van der Waals surface area contributed by atoms with E-state index in [0.29, 0.717) is 39.2 Å². The zero-order valence-electron chi connectivity index (χ0n) is 36.9. The average molecular weight is 1050 g/mol.